The van der Waals surface area contributed by atoms with Crippen LogP contribution in [0.2, 0.25) is 0 Å². The van der Waals surface area contributed by atoms with Crippen molar-refractivity contribution in [2.45, 2.75) is 78.6 Å². The number of unbranched alkanes of at least 4 members (excludes halogenated alkanes) is 3. The molecule has 4 heteroatoms. The van der Waals surface area contributed by atoms with E-state index >= 15 is 0 Å². The number of aryl methyl sites for hydroxylation is 3. The third kappa shape index (κ3) is 9.58. The number of phenolic OH excluding ortho intramolecular Hbond substituents is 1. The summed E-state index contributed by atoms with van der Waals surface area (Å²) in [6, 6.07) is 4.46. The average molecular weight is 425 g/mol. The summed E-state index contributed by atoms with van der Waals surface area (Å²) in [5.41, 5.74) is 3.75. The maximum atomic E-state index is 10.4. The molecule has 126 valence electrons. The predicted octanol–water partition coefficient (Wildman–Crippen LogP) is 6.80. The zero-order chi connectivity index (χ0) is 16.8. The Balaban J connectivity index is 0.00000135. The molecule has 0 fully saturated rings. The van der Waals surface area contributed by atoms with Crippen LogP contribution in [0.1, 0.15) is 76.0 Å². The number of hydrogen-bond acceptors (Lipinski definition) is 1. The minimum absolute atomic E-state index is 0.571. The van der Waals surface area contributed by atoms with E-state index in [1.54, 1.807) is 0 Å². The van der Waals surface area contributed by atoms with Crippen LogP contribution >= 0.6 is 17.0 Å². The third-order valence-electron chi connectivity index (χ3n) is 3.75. The Labute approximate surface area is 155 Å². The monoisotopic (exact) mass is 422 g/mol. The molecule has 0 aliphatic rings. The fourth-order valence-corrected chi connectivity index (χ4v) is 2.47. The fraction of sp³-hybridized carbons (Fsp3) is 0.667. The second-order valence-electron chi connectivity index (χ2n) is 5.64. The number of aromatic hydroxyl groups is 1. The number of phenols is 1. The minimum atomic E-state index is -0.826. The van der Waals surface area contributed by atoms with Crippen molar-refractivity contribution in [3.05, 3.63) is 28.8 Å². The van der Waals surface area contributed by atoms with E-state index in [-0.39, 0.29) is 0 Å². The molecule has 1 aromatic rings. The first-order chi connectivity index (χ1) is 10.6. The fourth-order valence-electron chi connectivity index (χ4n) is 2.47. The summed E-state index contributed by atoms with van der Waals surface area (Å²) < 4.78 is 0. The molecular formula is C18H30Cl2OZr. The molecule has 0 spiro atoms. The van der Waals surface area contributed by atoms with Crippen LogP contribution in [0.4, 0.5) is 0 Å². The van der Waals surface area contributed by atoms with Gasteiger partial charge in [-0.25, -0.2) is 0 Å². The molecule has 0 aliphatic heterocycles. The van der Waals surface area contributed by atoms with Gasteiger partial charge < -0.3 is 5.11 Å². The Kier molecular flexibility index (Phi) is 15.4. The van der Waals surface area contributed by atoms with E-state index in [4.69, 9.17) is 17.0 Å². The van der Waals surface area contributed by atoms with Crippen molar-refractivity contribution in [3.8, 4) is 5.75 Å². The molecule has 0 amide bonds. The van der Waals surface area contributed by atoms with Crippen LogP contribution in [0.15, 0.2) is 12.1 Å². The second-order valence-corrected chi connectivity index (χ2v) is 9.38. The van der Waals surface area contributed by atoms with Gasteiger partial charge in [0.2, 0.25) is 0 Å². The SMILES string of the molecule is CCCCc1cc(CCCC)c(O)c(CCCC)c1.[Cl][Zr][Cl]. The molecule has 0 aliphatic carbocycles. The van der Waals surface area contributed by atoms with Gasteiger partial charge in [0.15, 0.2) is 0 Å². The first-order valence-electron chi connectivity index (χ1n) is 8.44. The molecule has 0 unspecified atom stereocenters. The summed E-state index contributed by atoms with van der Waals surface area (Å²) in [7, 11) is 9.87. The molecule has 22 heavy (non-hydrogen) atoms. The van der Waals surface area contributed by atoms with Crippen molar-refractivity contribution in [3.63, 3.8) is 0 Å². The van der Waals surface area contributed by atoms with E-state index in [1.165, 1.54) is 42.4 Å². The van der Waals surface area contributed by atoms with E-state index < -0.39 is 20.8 Å². The Morgan fingerprint density at radius 2 is 1.18 bits per heavy atom. The first kappa shape index (κ1) is 22.5. The second kappa shape index (κ2) is 15.0. The van der Waals surface area contributed by atoms with Gasteiger partial charge in [0.05, 0.1) is 0 Å². The van der Waals surface area contributed by atoms with Gasteiger partial charge in [-0.05, 0) is 55.2 Å². The summed E-state index contributed by atoms with van der Waals surface area (Å²) in [5.74, 6) is 0.571. The Hall–Kier alpha value is 0.483. The molecule has 0 radical (unpaired) electrons. The van der Waals surface area contributed by atoms with E-state index in [0.29, 0.717) is 5.75 Å². The molecule has 0 saturated heterocycles. The average Bonchev–Trinajstić information content (AvgIpc) is 2.52. The number of rotatable bonds is 9. The summed E-state index contributed by atoms with van der Waals surface area (Å²) >= 11 is -0.826. The zero-order valence-electron chi connectivity index (χ0n) is 14.2. The summed E-state index contributed by atoms with van der Waals surface area (Å²) in [5, 5.41) is 10.4. The van der Waals surface area contributed by atoms with Crippen molar-refractivity contribution in [2.75, 3.05) is 0 Å². The first-order valence-corrected chi connectivity index (χ1v) is 14.8. The molecule has 1 rings (SSSR count). The number of halogens is 2. The zero-order valence-corrected chi connectivity index (χ0v) is 18.2. The van der Waals surface area contributed by atoms with Crippen LogP contribution in [0.25, 0.3) is 0 Å². The van der Waals surface area contributed by atoms with E-state index in [2.05, 4.69) is 32.9 Å². The van der Waals surface area contributed by atoms with Gasteiger partial charge in [0, 0.05) is 0 Å². The van der Waals surface area contributed by atoms with Crippen LogP contribution in [0.3, 0.4) is 0 Å². The van der Waals surface area contributed by atoms with E-state index in [1.807, 2.05) is 0 Å². The van der Waals surface area contributed by atoms with Gasteiger partial charge in [-0.15, -0.1) is 0 Å². The number of hydrogen-bond donors (Lipinski definition) is 1. The van der Waals surface area contributed by atoms with Crippen LogP contribution in [-0.4, -0.2) is 5.11 Å². The van der Waals surface area contributed by atoms with Crippen molar-refractivity contribution >= 4 is 17.0 Å². The van der Waals surface area contributed by atoms with Gasteiger partial charge in [-0.3, -0.25) is 0 Å². The normalized spacial score (nSPS) is 10.0. The van der Waals surface area contributed by atoms with Gasteiger partial charge >= 0.3 is 37.9 Å². The molecule has 0 saturated carbocycles. The molecule has 1 nitrogen and oxygen atoms in total. The van der Waals surface area contributed by atoms with Crippen LogP contribution in [0.5, 0.6) is 5.75 Å². The van der Waals surface area contributed by atoms with Gasteiger partial charge in [0.1, 0.15) is 5.75 Å². The topological polar surface area (TPSA) is 20.2 Å². The van der Waals surface area contributed by atoms with Crippen molar-refractivity contribution < 1.29 is 26.0 Å². The molecule has 0 bridgehead atoms. The summed E-state index contributed by atoms with van der Waals surface area (Å²) in [6.45, 7) is 6.64. The van der Waals surface area contributed by atoms with Crippen LogP contribution in [0, 0.1) is 0 Å². The molecule has 0 aromatic heterocycles. The van der Waals surface area contributed by atoms with E-state index in [9.17, 15) is 5.11 Å². The Bertz CT molecular complexity index is 368. The molecular weight excluding hydrogens is 394 g/mol. The number of benzene rings is 1. The van der Waals surface area contributed by atoms with Gasteiger partial charge in [0.25, 0.3) is 0 Å². The standard InChI is InChI=1S/C18H30O.2ClH.Zr/c1-4-7-10-15-13-16(11-8-5-2)18(19)17(14-15)12-9-6-3;;;/h13-14,19H,4-12H2,1-3H3;2*1H;/q;;;+2/p-2. The Morgan fingerprint density at radius 1 is 0.818 bits per heavy atom. The van der Waals surface area contributed by atoms with Crippen LogP contribution < -0.4 is 0 Å². The van der Waals surface area contributed by atoms with Crippen molar-refractivity contribution in [2.24, 2.45) is 0 Å². The summed E-state index contributed by atoms with van der Waals surface area (Å²) in [4.78, 5) is 0. The van der Waals surface area contributed by atoms with E-state index in [0.717, 1.165) is 32.1 Å². The van der Waals surface area contributed by atoms with Gasteiger partial charge in [-0.1, -0.05) is 52.2 Å². The molecule has 1 aromatic carbocycles. The summed E-state index contributed by atoms with van der Waals surface area (Å²) in [6.07, 6.45) is 10.3. The quantitative estimate of drug-likeness (QED) is 0.462. The molecule has 0 atom stereocenters. The van der Waals surface area contributed by atoms with Gasteiger partial charge in [-0.2, -0.15) is 0 Å². The Morgan fingerprint density at radius 3 is 1.55 bits per heavy atom. The molecule has 1 N–H and O–H groups in total. The predicted molar refractivity (Wildman–Crippen MR) is 95.6 cm³/mol. The van der Waals surface area contributed by atoms with Crippen LogP contribution in [-0.2, 0) is 40.1 Å². The van der Waals surface area contributed by atoms with Crippen molar-refractivity contribution in [1.29, 1.82) is 0 Å². The van der Waals surface area contributed by atoms with Crippen molar-refractivity contribution in [1.82, 2.24) is 0 Å². The molecule has 0 heterocycles. The third-order valence-corrected chi connectivity index (χ3v) is 3.75. The maximum absolute atomic E-state index is 10.4.